The van der Waals surface area contributed by atoms with Crippen LogP contribution in [0.1, 0.15) is 34.4 Å². The molecule has 0 amide bonds. The summed E-state index contributed by atoms with van der Waals surface area (Å²) in [6.07, 6.45) is 0.651. The summed E-state index contributed by atoms with van der Waals surface area (Å²) in [6.45, 7) is 6.06. The SMILES string of the molecule is CCSc1ccc(C(CNC2=NCCN2C(=S)Nc2cccc(Cl)c2)Cc2c(Cl)sc(C)c2C#N)cc1. The number of anilines is 1. The predicted molar refractivity (Wildman–Crippen MR) is 163 cm³/mol. The van der Waals surface area contributed by atoms with Crippen molar-refractivity contribution in [3.63, 3.8) is 0 Å². The average molecular weight is 589 g/mol. The number of aliphatic imine (C=N–C) groups is 1. The van der Waals surface area contributed by atoms with Gasteiger partial charge in [0, 0.05) is 45.1 Å². The summed E-state index contributed by atoms with van der Waals surface area (Å²) in [7, 11) is 0. The molecule has 5 nitrogen and oxygen atoms in total. The number of thioether (sulfide) groups is 1. The first-order chi connectivity index (χ1) is 17.9. The zero-order valence-electron chi connectivity index (χ0n) is 20.6. The summed E-state index contributed by atoms with van der Waals surface area (Å²) in [5.74, 6) is 1.84. The standard InChI is InChI=1S/C27H27Cl2N5S3/c1-3-36-22-9-7-18(8-10-22)19(13-23-24(15-30)17(2)37-25(23)29)16-32-26-31-11-12-34(26)27(35)33-21-6-4-5-20(28)14-21/h4-10,14,19H,3,11-13,16H2,1-2H3,(H,31,32)(H,33,35). The number of thiocarbonyl (C=S) groups is 1. The highest BCUT2D eigenvalue weighted by Crippen LogP contribution is 2.36. The van der Waals surface area contributed by atoms with Crippen LogP contribution in [-0.4, -0.2) is 41.4 Å². The second kappa shape index (κ2) is 13.0. The first-order valence-corrected chi connectivity index (χ1v) is 14.9. The number of halogens is 2. The number of aryl methyl sites for hydroxylation is 1. The van der Waals surface area contributed by atoms with Crippen molar-refractivity contribution in [3.05, 3.63) is 79.5 Å². The fourth-order valence-electron chi connectivity index (χ4n) is 4.21. The zero-order chi connectivity index (χ0) is 26.4. The maximum atomic E-state index is 9.75. The summed E-state index contributed by atoms with van der Waals surface area (Å²) in [6, 6.07) is 18.5. The first kappa shape index (κ1) is 27.7. The van der Waals surface area contributed by atoms with E-state index in [9.17, 15) is 5.26 Å². The Labute approximate surface area is 241 Å². The monoisotopic (exact) mass is 587 g/mol. The summed E-state index contributed by atoms with van der Waals surface area (Å²) >= 11 is 21.7. The van der Waals surface area contributed by atoms with Crippen LogP contribution in [0.3, 0.4) is 0 Å². The number of nitriles is 1. The minimum absolute atomic E-state index is 0.0823. The van der Waals surface area contributed by atoms with E-state index in [1.807, 2.05) is 47.9 Å². The minimum atomic E-state index is 0.0823. The molecule has 192 valence electrons. The molecule has 2 N–H and O–H groups in total. The van der Waals surface area contributed by atoms with Crippen LogP contribution >= 0.6 is 58.5 Å². The average Bonchev–Trinajstić information content (AvgIpc) is 3.45. The summed E-state index contributed by atoms with van der Waals surface area (Å²) in [5, 5.41) is 17.7. The molecule has 0 aliphatic carbocycles. The van der Waals surface area contributed by atoms with Crippen molar-refractivity contribution in [3.8, 4) is 6.07 Å². The molecule has 0 spiro atoms. The zero-order valence-corrected chi connectivity index (χ0v) is 24.5. The molecular formula is C27H27Cl2N5S3. The van der Waals surface area contributed by atoms with E-state index in [0.29, 0.717) is 46.1 Å². The molecule has 1 aliphatic heterocycles. The van der Waals surface area contributed by atoms with Crippen molar-refractivity contribution >= 4 is 75.3 Å². The molecule has 0 fully saturated rings. The molecule has 0 radical (unpaired) electrons. The van der Waals surface area contributed by atoms with Crippen molar-refractivity contribution in [2.45, 2.75) is 31.1 Å². The maximum absolute atomic E-state index is 9.75. The number of hydrogen-bond donors (Lipinski definition) is 2. The number of nitrogens with one attached hydrogen (secondary N) is 2. The van der Waals surface area contributed by atoms with Gasteiger partial charge in [-0.05, 0) is 67.2 Å². The molecular weight excluding hydrogens is 561 g/mol. The van der Waals surface area contributed by atoms with Crippen molar-refractivity contribution in [2.24, 2.45) is 4.99 Å². The molecule has 2 aromatic carbocycles. The Morgan fingerprint density at radius 2 is 2.05 bits per heavy atom. The molecule has 1 aromatic heterocycles. The van der Waals surface area contributed by atoms with Crippen LogP contribution < -0.4 is 10.6 Å². The molecule has 0 saturated carbocycles. The van der Waals surface area contributed by atoms with Gasteiger partial charge >= 0.3 is 0 Å². The third-order valence-corrected chi connectivity index (χ3v) is 8.87. The lowest BCUT2D eigenvalue weighted by Gasteiger charge is -2.25. The number of thiophene rings is 1. The Bertz CT molecular complexity index is 1330. The minimum Gasteiger partial charge on any atom is -0.355 e. The summed E-state index contributed by atoms with van der Waals surface area (Å²) < 4.78 is 0.684. The van der Waals surface area contributed by atoms with Crippen LogP contribution in [0, 0.1) is 18.3 Å². The van der Waals surface area contributed by atoms with Crippen LogP contribution in [-0.2, 0) is 6.42 Å². The summed E-state index contributed by atoms with van der Waals surface area (Å²) in [4.78, 5) is 8.82. The van der Waals surface area contributed by atoms with Gasteiger partial charge in [0.25, 0.3) is 0 Å². The van der Waals surface area contributed by atoms with Gasteiger partial charge < -0.3 is 10.6 Å². The lowest BCUT2D eigenvalue weighted by Crippen LogP contribution is -2.45. The van der Waals surface area contributed by atoms with E-state index < -0.39 is 0 Å². The van der Waals surface area contributed by atoms with Gasteiger partial charge in [0.1, 0.15) is 6.07 Å². The van der Waals surface area contributed by atoms with Crippen LogP contribution in [0.2, 0.25) is 9.36 Å². The number of rotatable bonds is 8. The molecule has 1 aliphatic rings. The van der Waals surface area contributed by atoms with Crippen LogP contribution in [0.25, 0.3) is 0 Å². The van der Waals surface area contributed by atoms with Crippen molar-refractivity contribution in [1.29, 1.82) is 5.26 Å². The Morgan fingerprint density at radius 1 is 1.27 bits per heavy atom. The Hall–Kier alpha value is -2.28. The van der Waals surface area contributed by atoms with E-state index in [1.165, 1.54) is 21.8 Å². The maximum Gasteiger partial charge on any atom is 0.200 e. The van der Waals surface area contributed by atoms with E-state index in [0.717, 1.165) is 27.8 Å². The Morgan fingerprint density at radius 3 is 2.76 bits per heavy atom. The van der Waals surface area contributed by atoms with Gasteiger partial charge in [0.2, 0.25) is 0 Å². The second-order valence-electron chi connectivity index (χ2n) is 8.48. The highest BCUT2D eigenvalue weighted by atomic mass is 35.5. The first-order valence-electron chi connectivity index (χ1n) is 11.9. The van der Waals surface area contributed by atoms with Gasteiger partial charge in [-0.1, -0.05) is 48.3 Å². The van der Waals surface area contributed by atoms with Crippen molar-refractivity contribution in [1.82, 2.24) is 10.2 Å². The fourth-order valence-corrected chi connectivity index (χ4v) is 6.73. The van der Waals surface area contributed by atoms with Gasteiger partial charge in [-0.15, -0.1) is 23.1 Å². The van der Waals surface area contributed by atoms with E-state index in [1.54, 1.807) is 0 Å². The molecule has 37 heavy (non-hydrogen) atoms. The number of guanidine groups is 1. The lowest BCUT2D eigenvalue weighted by molar-refractivity contribution is 0.606. The van der Waals surface area contributed by atoms with Crippen LogP contribution in [0.4, 0.5) is 5.69 Å². The third-order valence-electron chi connectivity index (χ3n) is 6.03. The predicted octanol–water partition coefficient (Wildman–Crippen LogP) is 7.33. The molecule has 3 aromatic rings. The Balaban J connectivity index is 1.52. The molecule has 2 heterocycles. The smallest absolute Gasteiger partial charge is 0.200 e. The van der Waals surface area contributed by atoms with Gasteiger partial charge in [-0.2, -0.15) is 5.26 Å². The van der Waals surface area contributed by atoms with Gasteiger partial charge in [-0.25, -0.2) is 0 Å². The second-order valence-corrected chi connectivity index (χ2v) is 12.5. The lowest BCUT2D eigenvalue weighted by atomic mass is 9.91. The number of nitrogens with zero attached hydrogens (tertiary/aromatic N) is 3. The molecule has 1 unspecified atom stereocenters. The van der Waals surface area contributed by atoms with Crippen molar-refractivity contribution < 1.29 is 0 Å². The van der Waals surface area contributed by atoms with E-state index in [2.05, 4.69) is 52.9 Å². The van der Waals surface area contributed by atoms with Crippen LogP contribution in [0.5, 0.6) is 0 Å². The molecule has 10 heteroatoms. The highest BCUT2D eigenvalue weighted by Gasteiger charge is 2.25. The van der Waals surface area contributed by atoms with Gasteiger partial charge in [0.15, 0.2) is 11.1 Å². The fraction of sp³-hybridized carbons (Fsp3) is 0.296. The number of benzene rings is 2. The molecule has 0 bridgehead atoms. The van der Waals surface area contributed by atoms with Gasteiger partial charge in [-0.3, -0.25) is 9.89 Å². The van der Waals surface area contributed by atoms with Crippen molar-refractivity contribution in [2.75, 3.05) is 30.7 Å². The van der Waals surface area contributed by atoms with E-state index >= 15 is 0 Å². The van der Waals surface area contributed by atoms with E-state index in [4.69, 9.17) is 35.4 Å². The Kier molecular flexibility index (Phi) is 9.74. The molecule has 1 atom stereocenters. The van der Waals surface area contributed by atoms with Crippen LogP contribution in [0.15, 0.2) is 58.4 Å². The largest absolute Gasteiger partial charge is 0.355 e. The molecule has 0 saturated heterocycles. The molecule has 4 rings (SSSR count). The highest BCUT2D eigenvalue weighted by molar-refractivity contribution is 7.99. The quantitative estimate of drug-likeness (QED) is 0.212. The number of hydrogen-bond acceptors (Lipinski definition) is 6. The summed E-state index contributed by atoms with van der Waals surface area (Å²) in [5.41, 5.74) is 3.61. The van der Waals surface area contributed by atoms with Gasteiger partial charge in [0.05, 0.1) is 16.4 Å². The topological polar surface area (TPSA) is 63.5 Å². The normalized spacial score (nSPS) is 13.7. The third kappa shape index (κ3) is 6.98. The van der Waals surface area contributed by atoms with E-state index in [-0.39, 0.29) is 5.92 Å².